The summed E-state index contributed by atoms with van der Waals surface area (Å²) in [6.45, 7) is -0.0970. The van der Waals surface area contributed by atoms with Gasteiger partial charge in [0.25, 0.3) is 0 Å². The molecule has 0 aliphatic carbocycles. The van der Waals surface area contributed by atoms with E-state index in [1.165, 1.54) is 0 Å². The number of anilines is 1. The lowest BCUT2D eigenvalue weighted by Crippen LogP contribution is -2.14. The van der Waals surface area contributed by atoms with Crippen molar-refractivity contribution in [3.8, 4) is 0 Å². The summed E-state index contributed by atoms with van der Waals surface area (Å²) in [4.78, 5) is 0. The van der Waals surface area contributed by atoms with Gasteiger partial charge in [0.2, 0.25) is 0 Å². The van der Waals surface area contributed by atoms with Gasteiger partial charge in [0.15, 0.2) is 0 Å². The van der Waals surface area contributed by atoms with Crippen LogP contribution in [0.4, 0.5) is 5.69 Å². The van der Waals surface area contributed by atoms with Crippen LogP contribution in [-0.2, 0) is 0 Å². The van der Waals surface area contributed by atoms with E-state index in [0.29, 0.717) is 10.7 Å². The first-order valence-corrected chi connectivity index (χ1v) is 3.94. The Kier molecular flexibility index (Phi) is 2.92. The van der Waals surface area contributed by atoms with E-state index in [9.17, 15) is 0 Å². The first-order chi connectivity index (χ1) is 5.65. The molecule has 0 aliphatic heterocycles. The normalized spacial score (nSPS) is 12.9. The van der Waals surface area contributed by atoms with Crippen molar-refractivity contribution in [2.24, 2.45) is 5.73 Å². The molecule has 66 valence electrons. The summed E-state index contributed by atoms with van der Waals surface area (Å²) in [5.74, 6) is 0. The van der Waals surface area contributed by atoms with E-state index < -0.39 is 0 Å². The van der Waals surface area contributed by atoms with Crippen LogP contribution in [0.1, 0.15) is 11.6 Å². The minimum absolute atomic E-state index is 0.0970. The zero-order valence-electron chi connectivity index (χ0n) is 6.50. The molecule has 0 saturated carbocycles. The Morgan fingerprint density at radius 3 is 2.67 bits per heavy atom. The molecule has 0 radical (unpaired) electrons. The van der Waals surface area contributed by atoms with Crippen LogP contribution >= 0.6 is 11.6 Å². The Hall–Kier alpha value is -0.770. The summed E-state index contributed by atoms with van der Waals surface area (Å²) < 4.78 is 0. The summed E-state index contributed by atoms with van der Waals surface area (Å²) in [5, 5.41) is 9.22. The van der Waals surface area contributed by atoms with E-state index in [1.54, 1.807) is 18.2 Å². The highest BCUT2D eigenvalue weighted by atomic mass is 35.5. The standard InChI is InChI=1S/C8H11ClN2O/c9-6-3-5(8(11)4-12)1-2-7(6)10/h1-3,8,12H,4,10-11H2/t8-/m1/s1. The summed E-state index contributed by atoms with van der Waals surface area (Å²) in [5.41, 5.74) is 12.4. The van der Waals surface area contributed by atoms with Gasteiger partial charge >= 0.3 is 0 Å². The second-order valence-electron chi connectivity index (χ2n) is 2.57. The fraction of sp³-hybridized carbons (Fsp3) is 0.250. The first kappa shape index (κ1) is 9.32. The second kappa shape index (κ2) is 3.76. The Labute approximate surface area is 75.9 Å². The fourth-order valence-electron chi connectivity index (χ4n) is 0.879. The quantitative estimate of drug-likeness (QED) is 0.602. The molecule has 1 aromatic rings. The van der Waals surface area contributed by atoms with Crippen LogP contribution in [0.3, 0.4) is 0 Å². The van der Waals surface area contributed by atoms with E-state index in [0.717, 1.165) is 5.56 Å². The summed E-state index contributed by atoms with van der Waals surface area (Å²) >= 11 is 5.75. The van der Waals surface area contributed by atoms with Crippen LogP contribution < -0.4 is 11.5 Å². The lowest BCUT2D eigenvalue weighted by Gasteiger charge is -2.09. The van der Waals surface area contributed by atoms with Crippen molar-refractivity contribution in [1.29, 1.82) is 0 Å². The minimum atomic E-state index is -0.386. The van der Waals surface area contributed by atoms with E-state index in [-0.39, 0.29) is 12.6 Å². The van der Waals surface area contributed by atoms with Gasteiger partial charge in [-0.3, -0.25) is 0 Å². The molecule has 0 aromatic heterocycles. The summed E-state index contributed by atoms with van der Waals surface area (Å²) in [6.07, 6.45) is 0. The van der Waals surface area contributed by atoms with Crippen LogP contribution in [0.15, 0.2) is 18.2 Å². The average molecular weight is 187 g/mol. The minimum Gasteiger partial charge on any atom is -0.398 e. The zero-order valence-corrected chi connectivity index (χ0v) is 7.25. The van der Waals surface area contributed by atoms with Gasteiger partial charge in [0, 0.05) is 0 Å². The monoisotopic (exact) mass is 186 g/mol. The number of nitrogens with two attached hydrogens (primary N) is 2. The van der Waals surface area contributed by atoms with Crippen molar-refractivity contribution in [3.05, 3.63) is 28.8 Å². The van der Waals surface area contributed by atoms with Gasteiger partial charge in [-0.15, -0.1) is 0 Å². The summed E-state index contributed by atoms with van der Waals surface area (Å²) in [6, 6.07) is 4.70. The van der Waals surface area contributed by atoms with Gasteiger partial charge in [0.1, 0.15) is 0 Å². The topological polar surface area (TPSA) is 72.3 Å². The van der Waals surface area contributed by atoms with Crippen molar-refractivity contribution in [2.75, 3.05) is 12.3 Å². The maximum atomic E-state index is 8.75. The Morgan fingerprint density at radius 2 is 2.17 bits per heavy atom. The first-order valence-electron chi connectivity index (χ1n) is 3.56. The van der Waals surface area contributed by atoms with Crippen LogP contribution in [0.5, 0.6) is 0 Å². The van der Waals surface area contributed by atoms with Gasteiger partial charge in [-0.05, 0) is 17.7 Å². The predicted octanol–water partition coefficient (Wildman–Crippen LogP) is 0.914. The largest absolute Gasteiger partial charge is 0.398 e. The molecule has 4 heteroatoms. The number of hydrogen-bond donors (Lipinski definition) is 3. The molecule has 0 unspecified atom stereocenters. The molecule has 0 fully saturated rings. The van der Waals surface area contributed by atoms with E-state index in [4.69, 9.17) is 28.2 Å². The van der Waals surface area contributed by atoms with Crippen molar-refractivity contribution in [2.45, 2.75) is 6.04 Å². The maximum Gasteiger partial charge on any atom is 0.0638 e. The van der Waals surface area contributed by atoms with E-state index >= 15 is 0 Å². The fourth-order valence-corrected chi connectivity index (χ4v) is 1.07. The number of halogens is 1. The molecule has 0 aliphatic rings. The SMILES string of the molecule is Nc1ccc([C@H](N)CO)cc1Cl. The molecule has 12 heavy (non-hydrogen) atoms. The van der Waals surface area contributed by atoms with Crippen molar-refractivity contribution >= 4 is 17.3 Å². The third kappa shape index (κ3) is 1.88. The van der Waals surface area contributed by atoms with E-state index in [1.807, 2.05) is 0 Å². The number of hydrogen-bond acceptors (Lipinski definition) is 3. The molecular formula is C8H11ClN2O. The van der Waals surface area contributed by atoms with Crippen LogP contribution in [0.25, 0.3) is 0 Å². The number of aliphatic hydroxyl groups is 1. The van der Waals surface area contributed by atoms with Gasteiger partial charge in [-0.1, -0.05) is 17.7 Å². The molecule has 0 bridgehead atoms. The second-order valence-corrected chi connectivity index (χ2v) is 2.98. The highest BCUT2D eigenvalue weighted by Crippen LogP contribution is 2.22. The molecule has 0 saturated heterocycles. The van der Waals surface area contributed by atoms with Crippen molar-refractivity contribution in [1.82, 2.24) is 0 Å². The van der Waals surface area contributed by atoms with Crippen molar-refractivity contribution < 1.29 is 5.11 Å². The number of rotatable bonds is 2. The van der Waals surface area contributed by atoms with Gasteiger partial charge in [-0.25, -0.2) is 0 Å². The summed E-state index contributed by atoms with van der Waals surface area (Å²) in [7, 11) is 0. The number of nitrogen functional groups attached to an aromatic ring is 1. The lowest BCUT2D eigenvalue weighted by molar-refractivity contribution is 0.268. The molecule has 3 nitrogen and oxygen atoms in total. The van der Waals surface area contributed by atoms with Crippen LogP contribution in [-0.4, -0.2) is 11.7 Å². The number of benzene rings is 1. The smallest absolute Gasteiger partial charge is 0.0638 e. The van der Waals surface area contributed by atoms with Crippen molar-refractivity contribution in [3.63, 3.8) is 0 Å². The van der Waals surface area contributed by atoms with Crippen LogP contribution in [0.2, 0.25) is 5.02 Å². The molecule has 0 spiro atoms. The lowest BCUT2D eigenvalue weighted by atomic mass is 10.1. The van der Waals surface area contributed by atoms with Gasteiger partial charge in [-0.2, -0.15) is 0 Å². The van der Waals surface area contributed by atoms with Gasteiger partial charge < -0.3 is 16.6 Å². The third-order valence-electron chi connectivity index (χ3n) is 1.65. The highest BCUT2D eigenvalue weighted by Gasteiger charge is 2.05. The molecule has 1 aromatic carbocycles. The highest BCUT2D eigenvalue weighted by molar-refractivity contribution is 6.33. The molecule has 5 N–H and O–H groups in total. The molecule has 1 rings (SSSR count). The Bertz CT molecular complexity index is 278. The number of aliphatic hydroxyl groups excluding tert-OH is 1. The predicted molar refractivity (Wildman–Crippen MR) is 49.9 cm³/mol. The Balaban J connectivity index is 2.96. The zero-order chi connectivity index (χ0) is 9.14. The van der Waals surface area contributed by atoms with Gasteiger partial charge in [0.05, 0.1) is 23.4 Å². The van der Waals surface area contributed by atoms with Crippen LogP contribution in [0, 0.1) is 0 Å². The average Bonchev–Trinajstić information content (AvgIpc) is 2.08. The molecule has 0 amide bonds. The van der Waals surface area contributed by atoms with E-state index in [2.05, 4.69) is 0 Å². The molecular weight excluding hydrogens is 176 g/mol. The third-order valence-corrected chi connectivity index (χ3v) is 1.98. The Morgan fingerprint density at radius 1 is 1.50 bits per heavy atom. The molecule has 0 heterocycles. The molecule has 1 atom stereocenters. The maximum absolute atomic E-state index is 8.75.